The van der Waals surface area contributed by atoms with Gasteiger partial charge in [0.2, 0.25) is 5.89 Å². The Labute approximate surface area is 90.0 Å². The first-order chi connectivity index (χ1) is 7.16. The fourth-order valence-corrected chi connectivity index (χ4v) is 1.31. The molecule has 0 unspecified atom stereocenters. The summed E-state index contributed by atoms with van der Waals surface area (Å²) in [6.45, 7) is 4.63. The van der Waals surface area contributed by atoms with Crippen molar-refractivity contribution in [2.24, 2.45) is 5.73 Å². The van der Waals surface area contributed by atoms with Crippen LogP contribution in [-0.4, -0.2) is 23.9 Å². The van der Waals surface area contributed by atoms with Gasteiger partial charge < -0.3 is 15.0 Å². The third-order valence-corrected chi connectivity index (χ3v) is 2.70. The second-order valence-electron chi connectivity index (χ2n) is 3.62. The van der Waals surface area contributed by atoms with Gasteiger partial charge in [-0.15, -0.1) is 0 Å². The zero-order chi connectivity index (χ0) is 11.3. The van der Waals surface area contributed by atoms with E-state index in [1.54, 1.807) is 7.11 Å². The van der Waals surface area contributed by atoms with Crippen LogP contribution in [0, 0.1) is 0 Å². The van der Waals surface area contributed by atoms with Gasteiger partial charge in [0.25, 0.3) is 0 Å². The summed E-state index contributed by atoms with van der Waals surface area (Å²) in [6.07, 6.45) is 2.23. The number of ether oxygens (including phenoxy) is 1. The zero-order valence-corrected chi connectivity index (χ0v) is 9.62. The van der Waals surface area contributed by atoms with Gasteiger partial charge in [-0.1, -0.05) is 19.0 Å². The number of nitrogens with two attached hydrogens (primary N) is 1. The quantitative estimate of drug-likeness (QED) is 0.769. The smallest absolute Gasteiger partial charge is 0.229 e. The molecule has 0 saturated heterocycles. The summed E-state index contributed by atoms with van der Waals surface area (Å²) in [6, 6.07) is 0. The molecule has 0 aliphatic carbocycles. The van der Waals surface area contributed by atoms with Crippen LogP contribution >= 0.6 is 0 Å². The standard InChI is InChI=1S/C10H19N3O2/c1-4-10(11,5-2)9-12-8(15-13-9)6-7-14-3/h4-7,11H2,1-3H3. The number of rotatable bonds is 6. The molecule has 0 aromatic carbocycles. The minimum atomic E-state index is -0.463. The van der Waals surface area contributed by atoms with Gasteiger partial charge in [0, 0.05) is 7.11 Å². The first-order valence-corrected chi connectivity index (χ1v) is 5.27. The molecule has 0 radical (unpaired) electrons. The molecular formula is C10H19N3O2. The summed E-state index contributed by atoms with van der Waals surface area (Å²) >= 11 is 0. The van der Waals surface area contributed by atoms with E-state index >= 15 is 0 Å². The highest BCUT2D eigenvalue weighted by atomic mass is 16.5. The van der Waals surface area contributed by atoms with Gasteiger partial charge in [-0.3, -0.25) is 0 Å². The second kappa shape index (κ2) is 5.23. The van der Waals surface area contributed by atoms with Crippen LogP contribution < -0.4 is 5.73 Å². The van der Waals surface area contributed by atoms with Gasteiger partial charge in [0.05, 0.1) is 18.6 Å². The van der Waals surface area contributed by atoms with Crippen LogP contribution in [0.5, 0.6) is 0 Å². The molecule has 5 heteroatoms. The number of methoxy groups -OCH3 is 1. The molecule has 0 saturated carbocycles. The molecule has 1 rings (SSSR count). The maximum atomic E-state index is 6.14. The van der Waals surface area contributed by atoms with E-state index in [-0.39, 0.29) is 0 Å². The molecule has 2 N–H and O–H groups in total. The number of hydrogen-bond donors (Lipinski definition) is 1. The lowest BCUT2D eigenvalue weighted by atomic mass is 9.93. The van der Waals surface area contributed by atoms with E-state index in [0.717, 1.165) is 12.8 Å². The zero-order valence-electron chi connectivity index (χ0n) is 9.62. The molecule has 15 heavy (non-hydrogen) atoms. The van der Waals surface area contributed by atoms with E-state index in [2.05, 4.69) is 10.1 Å². The molecule has 0 aliphatic rings. The van der Waals surface area contributed by atoms with Crippen molar-refractivity contribution in [3.8, 4) is 0 Å². The maximum absolute atomic E-state index is 6.14. The molecule has 1 aromatic rings. The molecular weight excluding hydrogens is 194 g/mol. The Hall–Kier alpha value is -0.940. The molecule has 0 atom stereocenters. The third-order valence-electron chi connectivity index (χ3n) is 2.70. The van der Waals surface area contributed by atoms with Gasteiger partial charge in [0.15, 0.2) is 5.82 Å². The summed E-state index contributed by atoms with van der Waals surface area (Å²) in [5.74, 6) is 1.18. The van der Waals surface area contributed by atoms with Crippen molar-refractivity contribution in [3.05, 3.63) is 11.7 Å². The molecule has 1 heterocycles. The predicted molar refractivity (Wildman–Crippen MR) is 56.3 cm³/mol. The van der Waals surface area contributed by atoms with E-state index in [0.29, 0.717) is 24.7 Å². The Morgan fingerprint density at radius 3 is 2.60 bits per heavy atom. The highest BCUT2D eigenvalue weighted by Gasteiger charge is 2.28. The van der Waals surface area contributed by atoms with Crippen LogP contribution in [0.3, 0.4) is 0 Å². The highest BCUT2D eigenvalue weighted by molar-refractivity contribution is 5.02. The van der Waals surface area contributed by atoms with Gasteiger partial charge in [0.1, 0.15) is 0 Å². The maximum Gasteiger partial charge on any atom is 0.229 e. The van der Waals surface area contributed by atoms with E-state index in [1.165, 1.54) is 0 Å². The topological polar surface area (TPSA) is 74.2 Å². The Bertz CT molecular complexity index is 295. The number of hydrogen-bond acceptors (Lipinski definition) is 5. The van der Waals surface area contributed by atoms with Crippen molar-refractivity contribution < 1.29 is 9.26 Å². The normalized spacial score (nSPS) is 12.0. The molecule has 0 fully saturated rings. The molecule has 5 nitrogen and oxygen atoms in total. The van der Waals surface area contributed by atoms with E-state index in [9.17, 15) is 0 Å². The van der Waals surface area contributed by atoms with E-state index in [4.69, 9.17) is 15.0 Å². The van der Waals surface area contributed by atoms with Crippen LogP contribution in [0.1, 0.15) is 38.4 Å². The monoisotopic (exact) mass is 213 g/mol. The lowest BCUT2D eigenvalue weighted by molar-refractivity contribution is 0.192. The Kier molecular flexibility index (Phi) is 4.23. The van der Waals surface area contributed by atoms with E-state index in [1.807, 2.05) is 13.8 Å². The SMILES string of the molecule is CCC(N)(CC)c1noc(CCOC)n1. The highest BCUT2D eigenvalue weighted by Crippen LogP contribution is 2.22. The summed E-state index contributed by atoms with van der Waals surface area (Å²) < 4.78 is 10.0. The minimum Gasteiger partial charge on any atom is -0.384 e. The summed E-state index contributed by atoms with van der Waals surface area (Å²) in [4.78, 5) is 4.28. The third kappa shape index (κ3) is 2.76. The number of aromatic nitrogens is 2. The van der Waals surface area contributed by atoms with Gasteiger partial charge in [-0.25, -0.2) is 0 Å². The lowest BCUT2D eigenvalue weighted by Gasteiger charge is -2.21. The average Bonchev–Trinajstić information content (AvgIpc) is 2.74. The molecule has 0 aliphatic heterocycles. The van der Waals surface area contributed by atoms with Crippen LogP contribution in [0.4, 0.5) is 0 Å². The van der Waals surface area contributed by atoms with Gasteiger partial charge >= 0.3 is 0 Å². The van der Waals surface area contributed by atoms with Gasteiger partial charge in [-0.2, -0.15) is 4.98 Å². The molecule has 86 valence electrons. The molecule has 1 aromatic heterocycles. The van der Waals surface area contributed by atoms with E-state index < -0.39 is 5.54 Å². The fraction of sp³-hybridized carbons (Fsp3) is 0.800. The van der Waals surface area contributed by atoms with Crippen LogP contribution in [0.25, 0.3) is 0 Å². The fourth-order valence-electron chi connectivity index (χ4n) is 1.31. The molecule has 0 amide bonds. The van der Waals surface area contributed by atoms with Crippen molar-refractivity contribution in [2.45, 2.75) is 38.6 Å². The first-order valence-electron chi connectivity index (χ1n) is 5.27. The van der Waals surface area contributed by atoms with Crippen molar-refractivity contribution in [3.63, 3.8) is 0 Å². The average molecular weight is 213 g/mol. The van der Waals surface area contributed by atoms with Crippen LogP contribution in [0.2, 0.25) is 0 Å². The lowest BCUT2D eigenvalue weighted by Crippen LogP contribution is -2.36. The summed E-state index contributed by atoms with van der Waals surface area (Å²) in [5.41, 5.74) is 5.68. The number of nitrogens with zero attached hydrogens (tertiary/aromatic N) is 2. The van der Waals surface area contributed by atoms with Gasteiger partial charge in [-0.05, 0) is 12.8 Å². The van der Waals surface area contributed by atoms with Crippen molar-refractivity contribution in [2.75, 3.05) is 13.7 Å². The molecule has 0 bridgehead atoms. The minimum absolute atomic E-state index is 0.463. The van der Waals surface area contributed by atoms with Crippen molar-refractivity contribution in [1.82, 2.24) is 10.1 Å². The van der Waals surface area contributed by atoms with Crippen molar-refractivity contribution in [1.29, 1.82) is 0 Å². The molecule has 0 spiro atoms. The second-order valence-corrected chi connectivity index (χ2v) is 3.62. The summed E-state index contributed by atoms with van der Waals surface area (Å²) in [5, 5.41) is 3.92. The Morgan fingerprint density at radius 2 is 2.07 bits per heavy atom. The van der Waals surface area contributed by atoms with Crippen LogP contribution in [-0.2, 0) is 16.7 Å². The first kappa shape index (κ1) is 12.1. The Morgan fingerprint density at radius 1 is 1.40 bits per heavy atom. The Balaban J connectivity index is 2.74. The van der Waals surface area contributed by atoms with Crippen molar-refractivity contribution >= 4 is 0 Å². The van der Waals surface area contributed by atoms with Crippen LogP contribution in [0.15, 0.2) is 4.52 Å². The summed E-state index contributed by atoms with van der Waals surface area (Å²) in [7, 11) is 1.64. The largest absolute Gasteiger partial charge is 0.384 e. The predicted octanol–water partition coefficient (Wildman–Crippen LogP) is 1.23.